The predicted molar refractivity (Wildman–Crippen MR) is 66.2 cm³/mol. The van der Waals surface area contributed by atoms with Gasteiger partial charge in [-0.2, -0.15) is 0 Å². The number of aromatic carboxylic acids is 1. The van der Waals surface area contributed by atoms with Gasteiger partial charge in [0.05, 0.1) is 0 Å². The molecule has 0 atom stereocenters. The van der Waals surface area contributed by atoms with Crippen molar-refractivity contribution >= 4 is 11.7 Å². The van der Waals surface area contributed by atoms with Crippen LogP contribution in [0.4, 0.5) is 5.69 Å². The van der Waals surface area contributed by atoms with Gasteiger partial charge >= 0.3 is 5.97 Å². The van der Waals surface area contributed by atoms with Crippen LogP contribution in [0.25, 0.3) is 0 Å². The zero-order chi connectivity index (χ0) is 12.8. The van der Waals surface area contributed by atoms with Gasteiger partial charge in [0.25, 0.3) is 0 Å². The Hall–Kier alpha value is -1.58. The molecule has 2 N–H and O–H groups in total. The molecule has 1 saturated carbocycles. The summed E-state index contributed by atoms with van der Waals surface area (Å²) in [6, 6.07) is 3.74. The predicted octanol–water partition coefficient (Wildman–Crippen LogP) is 2.63. The molecule has 1 fully saturated rings. The van der Waals surface area contributed by atoms with Gasteiger partial charge in [-0.25, -0.2) is 9.78 Å². The number of anilines is 1. The molecular weight excluding hydrogens is 216 g/mol. The molecular formula is C13H18N2O2. The second kappa shape index (κ2) is 3.45. The summed E-state index contributed by atoms with van der Waals surface area (Å²) in [6.07, 6.45) is 1.52. The smallest absolute Gasteiger partial charge is 0.354 e. The highest BCUT2D eigenvalue weighted by molar-refractivity contribution is 5.86. The first-order valence-electron chi connectivity index (χ1n) is 5.72. The monoisotopic (exact) mass is 234 g/mol. The van der Waals surface area contributed by atoms with Gasteiger partial charge in [0.15, 0.2) is 0 Å². The van der Waals surface area contributed by atoms with E-state index in [1.165, 1.54) is 6.20 Å². The third kappa shape index (κ3) is 1.77. The maximum atomic E-state index is 10.8. The van der Waals surface area contributed by atoms with E-state index in [-0.39, 0.29) is 16.5 Å². The molecule has 1 aliphatic carbocycles. The molecule has 4 heteroatoms. The van der Waals surface area contributed by atoms with Crippen LogP contribution in [0.5, 0.6) is 0 Å². The summed E-state index contributed by atoms with van der Waals surface area (Å²) >= 11 is 0. The largest absolute Gasteiger partial charge is 0.477 e. The molecule has 17 heavy (non-hydrogen) atoms. The Balaban J connectivity index is 2.16. The molecule has 92 valence electrons. The van der Waals surface area contributed by atoms with Crippen molar-refractivity contribution in [1.29, 1.82) is 0 Å². The third-order valence-corrected chi connectivity index (χ3v) is 4.31. The average Bonchev–Trinajstić information content (AvgIpc) is 2.61. The average molecular weight is 234 g/mol. The Morgan fingerprint density at radius 2 is 1.94 bits per heavy atom. The van der Waals surface area contributed by atoms with E-state index in [1.807, 2.05) is 0 Å². The fourth-order valence-electron chi connectivity index (χ4n) is 2.36. The van der Waals surface area contributed by atoms with Crippen molar-refractivity contribution in [2.75, 3.05) is 5.32 Å². The van der Waals surface area contributed by atoms with Crippen LogP contribution < -0.4 is 5.32 Å². The maximum Gasteiger partial charge on any atom is 0.354 e. The standard InChI is InChI=1S/C13H18N2O2/c1-12(2)11(13(12,3)4)15-8-5-6-14-9(7-8)10(16)17/h5-7,11H,1-4H3,(H,14,15)(H,16,17). The van der Waals surface area contributed by atoms with E-state index in [0.717, 1.165) is 5.69 Å². The van der Waals surface area contributed by atoms with E-state index < -0.39 is 5.97 Å². The summed E-state index contributed by atoms with van der Waals surface area (Å²) in [5.74, 6) is -0.997. The summed E-state index contributed by atoms with van der Waals surface area (Å²) in [7, 11) is 0. The van der Waals surface area contributed by atoms with Crippen LogP contribution in [-0.4, -0.2) is 22.1 Å². The molecule has 2 rings (SSSR count). The van der Waals surface area contributed by atoms with E-state index in [9.17, 15) is 4.79 Å². The first-order valence-corrected chi connectivity index (χ1v) is 5.72. The molecule has 1 aliphatic rings. The molecule has 0 aliphatic heterocycles. The van der Waals surface area contributed by atoms with Crippen LogP contribution in [0, 0.1) is 10.8 Å². The van der Waals surface area contributed by atoms with Crippen molar-refractivity contribution in [3.8, 4) is 0 Å². The minimum Gasteiger partial charge on any atom is -0.477 e. The maximum absolute atomic E-state index is 10.8. The van der Waals surface area contributed by atoms with Crippen LogP contribution >= 0.6 is 0 Å². The van der Waals surface area contributed by atoms with Crippen LogP contribution in [-0.2, 0) is 0 Å². The molecule has 0 radical (unpaired) electrons. The summed E-state index contributed by atoms with van der Waals surface area (Å²) in [4.78, 5) is 14.6. The SMILES string of the molecule is CC1(C)C(Nc2ccnc(C(=O)O)c2)C1(C)C. The van der Waals surface area contributed by atoms with Crippen LogP contribution in [0.15, 0.2) is 18.3 Å². The fourth-order valence-corrected chi connectivity index (χ4v) is 2.36. The van der Waals surface area contributed by atoms with Gasteiger partial charge in [-0.05, 0) is 23.0 Å². The Bertz CT molecular complexity index is 452. The van der Waals surface area contributed by atoms with E-state index in [1.54, 1.807) is 12.1 Å². The van der Waals surface area contributed by atoms with Crippen molar-refractivity contribution in [3.63, 3.8) is 0 Å². The second-order valence-corrected chi connectivity index (χ2v) is 5.76. The van der Waals surface area contributed by atoms with Crippen molar-refractivity contribution in [1.82, 2.24) is 4.98 Å². The van der Waals surface area contributed by atoms with Crippen molar-refractivity contribution < 1.29 is 9.90 Å². The van der Waals surface area contributed by atoms with Crippen LogP contribution in [0.2, 0.25) is 0 Å². The summed E-state index contributed by atoms with van der Waals surface area (Å²) in [5.41, 5.74) is 1.34. The van der Waals surface area contributed by atoms with Gasteiger partial charge in [-0.1, -0.05) is 27.7 Å². The number of carbonyl (C=O) groups is 1. The van der Waals surface area contributed by atoms with Crippen LogP contribution in [0.1, 0.15) is 38.2 Å². The lowest BCUT2D eigenvalue weighted by molar-refractivity contribution is 0.0690. The number of aromatic nitrogens is 1. The summed E-state index contributed by atoms with van der Waals surface area (Å²) < 4.78 is 0. The Morgan fingerprint density at radius 3 is 2.41 bits per heavy atom. The van der Waals surface area contributed by atoms with Gasteiger partial charge in [-0.3, -0.25) is 0 Å². The van der Waals surface area contributed by atoms with E-state index in [4.69, 9.17) is 5.11 Å². The van der Waals surface area contributed by atoms with Gasteiger partial charge in [0, 0.05) is 17.9 Å². The highest BCUT2D eigenvalue weighted by Crippen LogP contribution is 2.63. The number of nitrogens with one attached hydrogen (secondary N) is 1. The molecule has 0 unspecified atom stereocenters. The molecule has 1 aromatic rings. The first kappa shape index (κ1) is 11.9. The topological polar surface area (TPSA) is 62.2 Å². The lowest BCUT2D eigenvalue weighted by Gasteiger charge is -2.08. The van der Waals surface area contributed by atoms with E-state index in [2.05, 4.69) is 38.0 Å². The molecule has 4 nitrogen and oxygen atoms in total. The number of carboxylic acids is 1. The Labute approximate surface area is 101 Å². The number of hydrogen-bond donors (Lipinski definition) is 2. The second-order valence-electron chi connectivity index (χ2n) is 5.76. The van der Waals surface area contributed by atoms with Crippen molar-refractivity contribution in [2.45, 2.75) is 33.7 Å². The molecule has 0 bridgehead atoms. The minimum absolute atomic E-state index is 0.0752. The fraction of sp³-hybridized carbons (Fsp3) is 0.538. The van der Waals surface area contributed by atoms with E-state index in [0.29, 0.717) is 6.04 Å². The Morgan fingerprint density at radius 1 is 1.35 bits per heavy atom. The van der Waals surface area contributed by atoms with Crippen molar-refractivity contribution in [2.24, 2.45) is 10.8 Å². The molecule has 1 aromatic heterocycles. The molecule has 0 spiro atoms. The van der Waals surface area contributed by atoms with Gasteiger partial charge in [-0.15, -0.1) is 0 Å². The van der Waals surface area contributed by atoms with Crippen molar-refractivity contribution in [3.05, 3.63) is 24.0 Å². The number of pyridine rings is 1. The minimum atomic E-state index is -0.997. The Kier molecular flexibility index (Phi) is 2.42. The summed E-state index contributed by atoms with van der Waals surface area (Å²) in [6.45, 7) is 8.85. The number of nitrogens with zero attached hydrogens (tertiary/aromatic N) is 1. The van der Waals surface area contributed by atoms with Crippen LogP contribution in [0.3, 0.4) is 0 Å². The number of rotatable bonds is 3. The van der Waals surface area contributed by atoms with Gasteiger partial charge < -0.3 is 10.4 Å². The molecule has 1 heterocycles. The van der Waals surface area contributed by atoms with E-state index >= 15 is 0 Å². The number of hydrogen-bond acceptors (Lipinski definition) is 3. The quantitative estimate of drug-likeness (QED) is 0.844. The molecule has 0 saturated heterocycles. The molecule has 0 aromatic carbocycles. The number of carboxylic acid groups (broad SMARTS) is 1. The highest BCUT2D eigenvalue weighted by Gasteiger charge is 2.64. The summed E-state index contributed by atoms with van der Waals surface area (Å²) in [5, 5.41) is 12.3. The normalized spacial score (nSPS) is 20.9. The highest BCUT2D eigenvalue weighted by atomic mass is 16.4. The lowest BCUT2D eigenvalue weighted by atomic mass is 10.0. The zero-order valence-corrected chi connectivity index (χ0v) is 10.6. The first-order chi connectivity index (χ1) is 7.76. The van der Waals surface area contributed by atoms with Gasteiger partial charge in [0.1, 0.15) is 5.69 Å². The molecule has 0 amide bonds. The third-order valence-electron chi connectivity index (χ3n) is 4.31. The van der Waals surface area contributed by atoms with Gasteiger partial charge in [0.2, 0.25) is 0 Å². The lowest BCUT2D eigenvalue weighted by Crippen LogP contribution is -2.11. The zero-order valence-electron chi connectivity index (χ0n) is 10.6.